The maximum absolute atomic E-state index is 14.6. The lowest BCUT2D eigenvalue weighted by Gasteiger charge is -2.37. The van der Waals surface area contributed by atoms with E-state index in [0.29, 0.717) is 12.1 Å². The van der Waals surface area contributed by atoms with E-state index in [1.165, 1.54) is 0 Å². The molecule has 2 heterocycles. The number of benzene rings is 2. The van der Waals surface area contributed by atoms with Crippen molar-refractivity contribution in [2.45, 2.75) is 23.7 Å². The van der Waals surface area contributed by atoms with E-state index in [1.807, 2.05) is 0 Å². The van der Waals surface area contributed by atoms with Gasteiger partial charge in [-0.3, -0.25) is 0 Å². The molecule has 0 unspecified atom stereocenters. The van der Waals surface area contributed by atoms with Crippen LogP contribution < -0.4 is 0 Å². The molecule has 0 fully saturated rings. The van der Waals surface area contributed by atoms with Crippen LogP contribution in [0.5, 0.6) is 0 Å². The summed E-state index contributed by atoms with van der Waals surface area (Å²) >= 11 is 0. The number of carbonyl (C=O) groups excluding carboxylic acids is 4. The summed E-state index contributed by atoms with van der Waals surface area (Å²) < 4.78 is 124. The molecule has 0 saturated heterocycles. The van der Waals surface area contributed by atoms with Gasteiger partial charge in [-0.25, -0.2) is 19.2 Å². The molecule has 0 bridgehead atoms. The van der Waals surface area contributed by atoms with E-state index in [-0.39, 0.29) is 24.3 Å². The Morgan fingerprint density at radius 3 is 1.09 bits per heavy atom. The number of hydrogen-bond acceptors (Lipinski definition) is 6. The van der Waals surface area contributed by atoms with Gasteiger partial charge in [-0.15, -0.1) is 0 Å². The number of rotatable bonds is 5. The van der Waals surface area contributed by atoms with E-state index >= 15 is 0 Å². The quantitative estimate of drug-likeness (QED) is 0.347. The maximum atomic E-state index is 14.6. The van der Waals surface area contributed by atoms with Gasteiger partial charge in [-0.1, -0.05) is 12.1 Å². The van der Waals surface area contributed by atoms with Crippen LogP contribution >= 0.6 is 0 Å². The molecule has 0 aromatic heterocycles. The Morgan fingerprint density at radius 2 is 0.765 bits per heavy atom. The second-order valence-electron chi connectivity index (χ2n) is 7.17. The molecule has 34 heavy (non-hydrogen) atoms. The van der Waals surface area contributed by atoms with Crippen molar-refractivity contribution < 1.29 is 63.8 Å². The number of ether oxygens (including phenoxy) is 2. The van der Waals surface area contributed by atoms with Crippen LogP contribution in [0.1, 0.15) is 52.6 Å². The van der Waals surface area contributed by atoms with Crippen LogP contribution in [-0.4, -0.2) is 35.7 Å². The highest BCUT2D eigenvalue weighted by molar-refractivity contribution is 6.15. The Balaban J connectivity index is 1.78. The number of hydrogen-bond donors (Lipinski definition) is 0. The molecule has 0 N–H and O–H groups in total. The number of carbonyl (C=O) groups is 4. The highest BCUT2D eigenvalue weighted by Gasteiger charge is 2.81. The minimum Gasteiger partial charge on any atom is -0.386 e. The highest BCUT2D eigenvalue weighted by atomic mass is 19.4. The second-order valence-corrected chi connectivity index (χ2v) is 7.17. The van der Waals surface area contributed by atoms with E-state index in [2.05, 4.69) is 9.47 Å². The first-order chi connectivity index (χ1) is 15.5. The Morgan fingerprint density at radius 1 is 0.471 bits per heavy atom. The van der Waals surface area contributed by atoms with Gasteiger partial charge >= 0.3 is 47.6 Å². The van der Waals surface area contributed by atoms with Crippen LogP contribution in [0.25, 0.3) is 0 Å². The summed E-state index contributed by atoms with van der Waals surface area (Å²) in [6.45, 7) is 0. The van der Waals surface area contributed by atoms with Crippen LogP contribution in [0.15, 0.2) is 36.4 Å². The molecule has 0 spiro atoms. The Hall–Kier alpha value is -3.84. The van der Waals surface area contributed by atoms with E-state index in [0.717, 1.165) is 0 Å². The summed E-state index contributed by atoms with van der Waals surface area (Å²) in [6, 6.07) is 0.918. The minimum absolute atomic E-state index is 0.0400. The Bertz CT molecular complexity index is 1200. The van der Waals surface area contributed by atoms with Gasteiger partial charge in [-0.2, -0.15) is 35.1 Å². The zero-order chi connectivity index (χ0) is 25.4. The third kappa shape index (κ3) is 2.86. The van der Waals surface area contributed by atoms with E-state index in [1.54, 1.807) is 0 Å². The molecule has 0 atom stereocenters. The van der Waals surface area contributed by atoms with Crippen LogP contribution in [0.3, 0.4) is 0 Å². The fourth-order valence-electron chi connectivity index (χ4n) is 3.32. The molecule has 2 aromatic rings. The molecule has 2 aliphatic heterocycles. The zero-order valence-electron chi connectivity index (χ0n) is 15.9. The number of alkyl halides is 8. The molecule has 2 aliphatic rings. The molecule has 0 amide bonds. The first kappa shape index (κ1) is 23.3. The average Bonchev–Trinajstić information content (AvgIpc) is 3.21. The molecule has 4 rings (SSSR count). The molecular weight excluding hydrogens is 488 g/mol. The SMILES string of the molecule is O=C1OC(=O)c2cc(C(F)(F)C(F)(F)C(F)(F)C(F)(F)c3ccc4c(c3)C(=O)OC4=O)ccc21. The van der Waals surface area contributed by atoms with Crippen LogP contribution in [0, 0.1) is 0 Å². The number of esters is 4. The first-order valence-electron chi connectivity index (χ1n) is 8.87. The second kappa shape index (κ2) is 6.84. The summed E-state index contributed by atoms with van der Waals surface area (Å²) in [5, 5.41) is 0. The van der Waals surface area contributed by atoms with Crippen molar-refractivity contribution in [1.82, 2.24) is 0 Å². The standard InChI is InChI=1S/C20H6F8O6/c21-17(22,7-1-3-9-11(5-7)15(31)33-13(9)29)19(25,26)20(27,28)18(23,24)8-2-4-10-12(6-8)16(32)34-14(10)30/h1-6H. The van der Waals surface area contributed by atoms with Gasteiger partial charge in [0.15, 0.2) is 0 Å². The molecule has 0 radical (unpaired) electrons. The largest absolute Gasteiger partial charge is 0.386 e. The van der Waals surface area contributed by atoms with Crippen molar-refractivity contribution in [3.05, 3.63) is 69.8 Å². The Labute approximate surface area is 182 Å². The normalized spacial score (nSPS) is 16.4. The number of fused-ring (bicyclic) bond motifs is 2. The van der Waals surface area contributed by atoms with Gasteiger partial charge in [0.05, 0.1) is 22.3 Å². The molecule has 0 saturated carbocycles. The molecule has 6 nitrogen and oxygen atoms in total. The Kier molecular flexibility index (Phi) is 4.69. The lowest BCUT2D eigenvalue weighted by molar-refractivity contribution is -0.374. The summed E-state index contributed by atoms with van der Waals surface area (Å²) in [6.07, 6.45) is 0. The maximum Gasteiger partial charge on any atom is 0.382 e. The van der Waals surface area contributed by atoms with Crippen molar-refractivity contribution in [3.8, 4) is 0 Å². The van der Waals surface area contributed by atoms with Crippen LogP contribution in [0.4, 0.5) is 35.1 Å². The van der Waals surface area contributed by atoms with E-state index in [9.17, 15) is 54.3 Å². The van der Waals surface area contributed by atoms with Crippen LogP contribution in [0.2, 0.25) is 0 Å². The van der Waals surface area contributed by atoms with Gasteiger partial charge in [0.25, 0.3) is 0 Å². The lowest BCUT2D eigenvalue weighted by Crippen LogP contribution is -2.59. The summed E-state index contributed by atoms with van der Waals surface area (Å²) in [4.78, 5) is 45.7. The van der Waals surface area contributed by atoms with Crippen LogP contribution in [-0.2, 0) is 21.3 Å². The average molecular weight is 494 g/mol. The smallest absolute Gasteiger partial charge is 0.382 e. The first-order valence-corrected chi connectivity index (χ1v) is 8.87. The molecule has 178 valence electrons. The van der Waals surface area contributed by atoms with Gasteiger partial charge in [0, 0.05) is 11.1 Å². The van der Waals surface area contributed by atoms with Crippen molar-refractivity contribution in [2.75, 3.05) is 0 Å². The summed E-state index contributed by atoms with van der Waals surface area (Å²) in [5.41, 5.74) is -7.08. The molecule has 0 aliphatic carbocycles. The predicted molar refractivity (Wildman–Crippen MR) is 90.1 cm³/mol. The summed E-state index contributed by atoms with van der Waals surface area (Å²) in [7, 11) is 0. The van der Waals surface area contributed by atoms with Crippen molar-refractivity contribution in [1.29, 1.82) is 0 Å². The van der Waals surface area contributed by atoms with Gasteiger partial charge < -0.3 is 9.47 Å². The fourth-order valence-corrected chi connectivity index (χ4v) is 3.32. The van der Waals surface area contributed by atoms with Gasteiger partial charge in [0.2, 0.25) is 0 Å². The van der Waals surface area contributed by atoms with Gasteiger partial charge in [-0.05, 0) is 24.3 Å². The highest BCUT2D eigenvalue weighted by Crippen LogP contribution is 2.59. The number of cyclic esters (lactones) is 4. The van der Waals surface area contributed by atoms with Crippen molar-refractivity contribution in [2.24, 2.45) is 0 Å². The topological polar surface area (TPSA) is 86.7 Å². The lowest BCUT2D eigenvalue weighted by atomic mass is 9.88. The fraction of sp³-hybridized carbons (Fsp3) is 0.200. The van der Waals surface area contributed by atoms with E-state index in [4.69, 9.17) is 0 Å². The van der Waals surface area contributed by atoms with Crippen molar-refractivity contribution in [3.63, 3.8) is 0 Å². The third-order valence-electron chi connectivity index (χ3n) is 5.20. The monoisotopic (exact) mass is 494 g/mol. The molecule has 2 aromatic carbocycles. The van der Waals surface area contributed by atoms with Crippen molar-refractivity contribution >= 4 is 23.9 Å². The third-order valence-corrected chi connectivity index (χ3v) is 5.20. The predicted octanol–water partition coefficient (Wildman–Crippen LogP) is 4.46. The molecular formula is C20H6F8O6. The number of halogens is 8. The zero-order valence-corrected chi connectivity index (χ0v) is 15.9. The van der Waals surface area contributed by atoms with E-state index < -0.39 is 80.9 Å². The minimum atomic E-state index is -6.78. The van der Waals surface area contributed by atoms with Gasteiger partial charge in [0.1, 0.15) is 0 Å². The summed E-state index contributed by atoms with van der Waals surface area (Å²) in [5.74, 6) is -31.2. The molecule has 14 heteroatoms.